The lowest BCUT2D eigenvalue weighted by Crippen LogP contribution is -2.15. The molecule has 0 fully saturated rings. The Morgan fingerprint density at radius 2 is 2.09 bits per heavy atom. The molecule has 1 atom stereocenters. The molecule has 0 aliphatic carbocycles. The number of hydrogen-bond acceptors (Lipinski definition) is 1. The third-order valence-corrected chi connectivity index (χ3v) is 2.27. The summed E-state index contributed by atoms with van der Waals surface area (Å²) >= 11 is 0. The van der Waals surface area contributed by atoms with E-state index in [0.29, 0.717) is 0 Å². The number of rotatable bonds is 6. The third kappa shape index (κ3) is 4.88. The maximum absolute atomic E-state index is 3.62. The van der Waals surface area contributed by atoms with Crippen LogP contribution in [0.2, 0.25) is 0 Å². The molecular weight excluding hydrogens is 134 g/mol. The Hall–Kier alpha value is -0.460. The van der Waals surface area contributed by atoms with Crippen LogP contribution in [0.25, 0.3) is 0 Å². The summed E-state index contributed by atoms with van der Waals surface area (Å²) in [5, 5.41) is 3.13. The average Bonchev–Trinajstić information content (AvgIpc) is 1.97. The molecule has 11 heavy (non-hydrogen) atoms. The molecule has 0 aromatic rings. The summed E-state index contributed by atoms with van der Waals surface area (Å²) in [4.78, 5) is 0. The van der Waals surface area contributed by atoms with Crippen LogP contribution in [-0.4, -0.2) is 6.54 Å². The fraction of sp³-hybridized carbons (Fsp3) is 0.800. The molecule has 0 saturated carbocycles. The second-order valence-corrected chi connectivity index (χ2v) is 3.36. The van der Waals surface area contributed by atoms with Crippen molar-refractivity contribution in [1.82, 2.24) is 5.32 Å². The molecule has 0 aromatic heterocycles. The molecule has 0 saturated heterocycles. The number of nitrogens with one attached hydrogen (secondary N) is 1. The van der Waals surface area contributed by atoms with Crippen molar-refractivity contribution in [2.45, 2.75) is 33.6 Å². The van der Waals surface area contributed by atoms with Gasteiger partial charge >= 0.3 is 0 Å². The van der Waals surface area contributed by atoms with E-state index in [1.54, 1.807) is 6.20 Å². The van der Waals surface area contributed by atoms with Gasteiger partial charge in [-0.3, -0.25) is 0 Å². The lowest BCUT2D eigenvalue weighted by Gasteiger charge is -2.18. The minimum absolute atomic E-state index is 0.812. The van der Waals surface area contributed by atoms with Crippen LogP contribution in [0.1, 0.15) is 33.6 Å². The molecule has 0 rings (SSSR count). The summed E-state index contributed by atoms with van der Waals surface area (Å²) < 4.78 is 0. The molecule has 0 amide bonds. The van der Waals surface area contributed by atoms with E-state index in [4.69, 9.17) is 0 Å². The predicted octanol–water partition coefficient (Wildman–Crippen LogP) is 2.79. The zero-order chi connectivity index (χ0) is 8.69. The van der Waals surface area contributed by atoms with Crippen LogP contribution in [0.4, 0.5) is 0 Å². The zero-order valence-corrected chi connectivity index (χ0v) is 8.06. The Labute approximate surface area is 70.9 Å². The predicted molar refractivity (Wildman–Crippen MR) is 51.4 cm³/mol. The topological polar surface area (TPSA) is 12.0 Å². The van der Waals surface area contributed by atoms with Gasteiger partial charge in [-0.15, -0.1) is 0 Å². The summed E-state index contributed by atoms with van der Waals surface area (Å²) in [7, 11) is 0. The van der Waals surface area contributed by atoms with E-state index in [1.165, 1.54) is 12.8 Å². The largest absolute Gasteiger partial charge is 0.391 e. The van der Waals surface area contributed by atoms with Crippen LogP contribution in [0.3, 0.4) is 0 Å². The van der Waals surface area contributed by atoms with Gasteiger partial charge < -0.3 is 5.32 Å². The minimum atomic E-state index is 0.812. The third-order valence-electron chi connectivity index (χ3n) is 2.27. The molecule has 0 spiro atoms. The number of hydrogen-bond donors (Lipinski definition) is 1. The van der Waals surface area contributed by atoms with Crippen molar-refractivity contribution in [1.29, 1.82) is 0 Å². The van der Waals surface area contributed by atoms with Crippen LogP contribution in [0, 0.1) is 11.8 Å². The van der Waals surface area contributed by atoms with Crippen molar-refractivity contribution in [3.8, 4) is 0 Å². The maximum atomic E-state index is 3.62. The first-order valence-corrected chi connectivity index (χ1v) is 4.56. The molecule has 66 valence electrons. The van der Waals surface area contributed by atoms with Crippen LogP contribution < -0.4 is 5.32 Å². The lowest BCUT2D eigenvalue weighted by atomic mass is 9.90. The molecule has 1 unspecified atom stereocenters. The van der Waals surface area contributed by atoms with Crippen molar-refractivity contribution in [2.75, 3.05) is 6.54 Å². The first-order valence-electron chi connectivity index (χ1n) is 4.56. The highest BCUT2D eigenvalue weighted by Gasteiger charge is 2.09. The highest BCUT2D eigenvalue weighted by Crippen LogP contribution is 2.17. The normalized spacial score (nSPS) is 13.1. The highest BCUT2D eigenvalue weighted by molar-refractivity contribution is 4.67. The molecule has 0 heterocycles. The van der Waals surface area contributed by atoms with E-state index in [9.17, 15) is 0 Å². The smallest absolute Gasteiger partial charge is 0.0144 e. The SMILES string of the molecule is C=CNCCC(CC)C(C)C. The Morgan fingerprint density at radius 1 is 1.45 bits per heavy atom. The van der Waals surface area contributed by atoms with E-state index in [-0.39, 0.29) is 0 Å². The van der Waals surface area contributed by atoms with E-state index < -0.39 is 0 Å². The van der Waals surface area contributed by atoms with E-state index in [2.05, 4.69) is 32.7 Å². The first kappa shape index (κ1) is 10.5. The Morgan fingerprint density at radius 3 is 2.45 bits per heavy atom. The van der Waals surface area contributed by atoms with E-state index in [1.807, 2.05) is 0 Å². The van der Waals surface area contributed by atoms with Gasteiger partial charge in [0, 0.05) is 6.54 Å². The maximum Gasteiger partial charge on any atom is 0.0144 e. The Bertz CT molecular complexity index is 97.0. The summed E-state index contributed by atoms with van der Waals surface area (Å²) in [5.41, 5.74) is 0. The Kier molecular flexibility index (Phi) is 6.00. The van der Waals surface area contributed by atoms with Gasteiger partial charge in [-0.1, -0.05) is 33.8 Å². The lowest BCUT2D eigenvalue weighted by molar-refractivity contribution is 0.348. The second kappa shape index (κ2) is 6.26. The fourth-order valence-electron chi connectivity index (χ4n) is 1.38. The van der Waals surface area contributed by atoms with Crippen molar-refractivity contribution in [2.24, 2.45) is 11.8 Å². The van der Waals surface area contributed by atoms with Gasteiger partial charge in [0.25, 0.3) is 0 Å². The molecule has 0 aliphatic heterocycles. The summed E-state index contributed by atoms with van der Waals surface area (Å²) in [6.07, 6.45) is 4.32. The summed E-state index contributed by atoms with van der Waals surface area (Å²) in [6, 6.07) is 0. The Balaban J connectivity index is 3.43. The van der Waals surface area contributed by atoms with Gasteiger partial charge in [0.2, 0.25) is 0 Å². The van der Waals surface area contributed by atoms with Crippen molar-refractivity contribution in [3.05, 3.63) is 12.8 Å². The van der Waals surface area contributed by atoms with Crippen molar-refractivity contribution in [3.63, 3.8) is 0 Å². The molecule has 0 bridgehead atoms. The molecule has 0 aliphatic rings. The van der Waals surface area contributed by atoms with Crippen molar-refractivity contribution >= 4 is 0 Å². The van der Waals surface area contributed by atoms with E-state index in [0.717, 1.165) is 18.4 Å². The quantitative estimate of drug-likeness (QED) is 0.582. The highest BCUT2D eigenvalue weighted by atomic mass is 14.8. The standard InChI is InChI=1S/C10H21N/c1-5-10(9(3)4)7-8-11-6-2/h6,9-11H,2,5,7-8H2,1,3-4H3. The minimum Gasteiger partial charge on any atom is -0.391 e. The van der Waals surface area contributed by atoms with Gasteiger partial charge in [-0.2, -0.15) is 0 Å². The molecule has 0 aromatic carbocycles. The first-order chi connectivity index (χ1) is 5.22. The fourth-order valence-corrected chi connectivity index (χ4v) is 1.38. The zero-order valence-electron chi connectivity index (χ0n) is 8.06. The average molecular weight is 155 g/mol. The van der Waals surface area contributed by atoms with Crippen LogP contribution >= 0.6 is 0 Å². The second-order valence-electron chi connectivity index (χ2n) is 3.36. The molecule has 1 heteroatoms. The van der Waals surface area contributed by atoms with Crippen LogP contribution in [-0.2, 0) is 0 Å². The summed E-state index contributed by atoms with van der Waals surface area (Å²) in [6.45, 7) is 11.5. The molecule has 1 nitrogen and oxygen atoms in total. The van der Waals surface area contributed by atoms with Crippen molar-refractivity contribution < 1.29 is 0 Å². The van der Waals surface area contributed by atoms with Gasteiger partial charge in [-0.05, 0) is 24.5 Å². The van der Waals surface area contributed by atoms with Gasteiger partial charge in [0.1, 0.15) is 0 Å². The molecular formula is C10H21N. The van der Waals surface area contributed by atoms with Gasteiger partial charge in [-0.25, -0.2) is 0 Å². The summed E-state index contributed by atoms with van der Waals surface area (Å²) in [5.74, 6) is 1.68. The van der Waals surface area contributed by atoms with Crippen LogP contribution in [0.5, 0.6) is 0 Å². The molecule has 0 radical (unpaired) electrons. The van der Waals surface area contributed by atoms with E-state index >= 15 is 0 Å². The molecule has 1 N–H and O–H groups in total. The monoisotopic (exact) mass is 155 g/mol. The van der Waals surface area contributed by atoms with Gasteiger partial charge in [0.15, 0.2) is 0 Å². The van der Waals surface area contributed by atoms with Gasteiger partial charge in [0.05, 0.1) is 0 Å². The van der Waals surface area contributed by atoms with Crippen LogP contribution in [0.15, 0.2) is 12.8 Å².